The van der Waals surface area contributed by atoms with Crippen LogP contribution in [0.1, 0.15) is 75.3 Å². The highest BCUT2D eigenvalue weighted by molar-refractivity contribution is 8.00. The first-order valence-electron chi connectivity index (χ1n) is 26.1. The van der Waals surface area contributed by atoms with Gasteiger partial charge >= 0.3 is 0 Å². The van der Waals surface area contributed by atoms with Gasteiger partial charge in [-0.3, -0.25) is 38.6 Å². The third-order valence-electron chi connectivity index (χ3n) is 13.6. The SMILES string of the molecule is CCCC[C@H](N)C(=O)N[C@@H]1C(=O)N[C@@H](Cc2cnc[nH]2)C(=O)N[C@H](Cc2ccccc2)C(=O)N[C@@H](CCCN=C(N)N)C(=O)N[C@@H](Cc2ccc3ccccc3c2)C(=O)N[C@H](C(N)=O)Cc2c([nH]c3ccccc23)SC1(C)C. The Morgan fingerprint density at radius 1 is 0.731 bits per heavy atom. The lowest BCUT2D eigenvalue weighted by atomic mass is 9.99. The second-order valence-electron chi connectivity index (χ2n) is 20.1. The summed E-state index contributed by atoms with van der Waals surface area (Å²) in [6.07, 6.45) is 4.46. The van der Waals surface area contributed by atoms with Gasteiger partial charge in [0, 0.05) is 59.8 Å². The van der Waals surface area contributed by atoms with E-state index in [1.165, 1.54) is 24.3 Å². The van der Waals surface area contributed by atoms with E-state index in [0.717, 1.165) is 17.2 Å². The van der Waals surface area contributed by atoms with Gasteiger partial charge in [-0.05, 0) is 66.6 Å². The van der Waals surface area contributed by atoms with Crippen molar-refractivity contribution in [1.29, 1.82) is 0 Å². The molecule has 16 N–H and O–H groups in total. The van der Waals surface area contributed by atoms with Crippen LogP contribution in [0.4, 0.5) is 0 Å². The molecule has 1 aliphatic rings. The number of aromatic amines is 2. The smallest absolute Gasteiger partial charge is 0.244 e. The number of hydrogen-bond donors (Lipinski definition) is 12. The van der Waals surface area contributed by atoms with E-state index in [0.29, 0.717) is 51.2 Å². The number of nitrogens with two attached hydrogens (primary N) is 4. The molecule has 0 bridgehead atoms. The molecular weight excluding hydrogens is 1010 g/mol. The number of H-pyrrole nitrogens is 2. The Bertz CT molecular complexity index is 3110. The molecule has 22 heteroatoms. The van der Waals surface area contributed by atoms with Crippen molar-refractivity contribution in [1.82, 2.24) is 46.9 Å². The van der Waals surface area contributed by atoms with Crippen molar-refractivity contribution in [2.24, 2.45) is 27.9 Å². The van der Waals surface area contributed by atoms with Gasteiger partial charge in [0.15, 0.2) is 5.96 Å². The maximum absolute atomic E-state index is 15.1. The fraction of sp³-hybridized carbons (Fsp3) is 0.375. The van der Waals surface area contributed by atoms with Crippen molar-refractivity contribution in [3.8, 4) is 0 Å². The fourth-order valence-corrected chi connectivity index (χ4v) is 10.7. The molecule has 2 aromatic heterocycles. The second kappa shape index (κ2) is 26.7. The van der Waals surface area contributed by atoms with Crippen molar-refractivity contribution < 1.29 is 33.6 Å². The van der Waals surface area contributed by atoms with Crippen molar-refractivity contribution in [3.63, 3.8) is 0 Å². The summed E-state index contributed by atoms with van der Waals surface area (Å²) in [5, 5.41) is 20.2. The number of imidazole rings is 1. The van der Waals surface area contributed by atoms with Gasteiger partial charge in [-0.25, -0.2) is 4.98 Å². The zero-order valence-electron chi connectivity index (χ0n) is 44.0. The topological polar surface area (TPSA) is 353 Å². The van der Waals surface area contributed by atoms with Gasteiger partial charge in [0.25, 0.3) is 0 Å². The average Bonchev–Trinajstić information content (AvgIpc) is 4.10. The number of aliphatic imine (C=N–C) groups is 1. The molecule has 1 aliphatic heterocycles. The van der Waals surface area contributed by atoms with Crippen LogP contribution in [-0.4, -0.2) is 116 Å². The van der Waals surface area contributed by atoms with Crippen molar-refractivity contribution in [2.45, 2.75) is 131 Å². The number of thioether (sulfide) groups is 1. The quantitative estimate of drug-likeness (QED) is 0.0377. The molecule has 0 radical (unpaired) electrons. The Morgan fingerprint density at radius 2 is 1.35 bits per heavy atom. The number of para-hydroxylation sites is 1. The molecule has 412 valence electrons. The summed E-state index contributed by atoms with van der Waals surface area (Å²) < 4.78 is -1.26. The first-order chi connectivity index (χ1) is 37.4. The van der Waals surface area contributed by atoms with Crippen LogP contribution < -0.4 is 54.8 Å². The van der Waals surface area contributed by atoms with E-state index in [-0.39, 0.29) is 51.0 Å². The van der Waals surface area contributed by atoms with Crippen LogP contribution in [0.2, 0.25) is 0 Å². The molecular formula is C56H70N14O7S. The fourth-order valence-electron chi connectivity index (χ4n) is 9.39. The van der Waals surface area contributed by atoms with E-state index in [1.807, 2.05) is 73.7 Å². The summed E-state index contributed by atoms with van der Waals surface area (Å²) >= 11 is 1.19. The molecule has 7 rings (SSSR count). The van der Waals surface area contributed by atoms with E-state index in [9.17, 15) is 28.8 Å². The predicted molar refractivity (Wildman–Crippen MR) is 300 cm³/mol. The highest BCUT2D eigenvalue weighted by atomic mass is 32.2. The Hall–Kier alpha value is -8.24. The Labute approximate surface area is 456 Å². The number of aromatic nitrogens is 3. The minimum Gasteiger partial charge on any atom is -0.370 e. The zero-order chi connectivity index (χ0) is 55.9. The number of unbranched alkanes of at least 4 members (excludes halogenated alkanes) is 1. The van der Waals surface area contributed by atoms with E-state index in [2.05, 4.69) is 51.8 Å². The van der Waals surface area contributed by atoms with Gasteiger partial charge in [-0.1, -0.05) is 123 Å². The largest absolute Gasteiger partial charge is 0.370 e. The summed E-state index contributed by atoms with van der Waals surface area (Å²) in [4.78, 5) is 117. The first kappa shape index (κ1) is 57.5. The van der Waals surface area contributed by atoms with E-state index < -0.39 is 88.4 Å². The number of amides is 7. The monoisotopic (exact) mass is 1080 g/mol. The van der Waals surface area contributed by atoms with Crippen LogP contribution in [0, 0.1) is 0 Å². The molecule has 21 nitrogen and oxygen atoms in total. The molecule has 0 spiro atoms. The molecule has 4 aromatic carbocycles. The Balaban J connectivity index is 1.36. The molecule has 3 heterocycles. The maximum Gasteiger partial charge on any atom is 0.244 e. The summed E-state index contributed by atoms with van der Waals surface area (Å²) in [6, 6.07) is 20.4. The molecule has 0 saturated heterocycles. The molecule has 6 aromatic rings. The van der Waals surface area contributed by atoms with Crippen molar-refractivity contribution >= 4 is 80.7 Å². The summed E-state index contributed by atoms with van der Waals surface area (Å²) in [5.41, 5.74) is 26.9. The Morgan fingerprint density at radius 3 is 2.03 bits per heavy atom. The third-order valence-corrected chi connectivity index (χ3v) is 15.0. The molecule has 0 unspecified atom stereocenters. The number of nitrogens with zero attached hydrogens (tertiary/aromatic N) is 2. The first-order valence-corrected chi connectivity index (χ1v) is 26.9. The van der Waals surface area contributed by atoms with Crippen LogP contribution >= 0.6 is 11.8 Å². The second-order valence-corrected chi connectivity index (χ2v) is 21.8. The van der Waals surface area contributed by atoms with Crippen molar-refractivity contribution in [2.75, 3.05) is 6.54 Å². The van der Waals surface area contributed by atoms with Gasteiger partial charge in [-0.2, -0.15) is 0 Å². The molecule has 0 saturated carbocycles. The number of primary amides is 1. The van der Waals surface area contributed by atoms with E-state index in [4.69, 9.17) is 22.9 Å². The lowest BCUT2D eigenvalue weighted by Gasteiger charge is -2.35. The van der Waals surface area contributed by atoms with Gasteiger partial charge < -0.3 is 64.8 Å². The van der Waals surface area contributed by atoms with Crippen LogP contribution in [0.3, 0.4) is 0 Å². The number of hydrogen-bond acceptors (Lipinski definition) is 11. The lowest BCUT2D eigenvalue weighted by Crippen LogP contribution is -2.63. The van der Waals surface area contributed by atoms with Crippen LogP contribution in [0.25, 0.3) is 21.7 Å². The van der Waals surface area contributed by atoms with Gasteiger partial charge in [-0.15, -0.1) is 0 Å². The van der Waals surface area contributed by atoms with E-state index in [1.54, 1.807) is 44.2 Å². The third kappa shape index (κ3) is 15.5. The maximum atomic E-state index is 15.1. The number of rotatable bonds is 16. The number of carbonyl (C=O) groups excluding carboxylic acids is 7. The molecule has 7 amide bonds. The van der Waals surface area contributed by atoms with Crippen LogP contribution in [0.15, 0.2) is 120 Å². The number of nitrogens with one attached hydrogen (secondary N) is 8. The summed E-state index contributed by atoms with van der Waals surface area (Å²) in [6.45, 7) is 5.54. The van der Waals surface area contributed by atoms with Crippen molar-refractivity contribution in [3.05, 3.63) is 132 Å². The number of carbonyl (C=O) groups is 7. The average molecular weight is 1080 g/mol. The number of benzene rings is 4. The molecule has 0 aliphatic carbocycles. The zero-order valence-corrected chi connectivity index (χ0v) is 44.8. The number of guanidine groups is 1. The highest BCUT2D eigenvalue weighted by Crippen LogP contribution is 2.40. The molecule has 7 atom stereocenters. The highest BCUT2D eigenvalue weighted by Gasteiger charge is 2.42. The summed E-state index contributed by atoms with van der Waals surface area (Å²) in [5.74, 6) is -5.46. The van der Waals surface area contributed by atoms with Gasteiger partial charge in [0.05, 0.1) is 17.4 Å². The van der Waals surface area contributed by atoms with Gasteiger partial charge in [0.1, 0.15) is 36.3 Å². The lowest BCUT2D eigenvalue weighted by molar-refractivity contribution is -0.135. The van der Waals surface area contributed by atoms with E-state index >= 15 is 4.79 Å². The van der Waals surface area contributed by atoms with Gasteiger partial charge in [0.2, 0.25) is 41.4 Å². The number of fused-ring (bicyclic) bond motifs is 4. The van der Waals surface area contributed by atoms with Crippen LogP contribution in [0.5, 0.6) is 0 Å². The molecule has 0 fully saturated rings. The minimum atomic E-state index is -1.38. The normalized spacial score (nSPS) is 21.1. The standard InChI is InChI=1S/C56H70N14O7S/c1-4-5-19-39(57)48(72)70-46-53(77)68-45(28-36-30-61-31-63-36)52(76)67-43(26-32-14-7-6-8-15-32)50(74)64-41(21-13-24-62-55(59)60)49(73)66-44(27-33-22-23-34-16-9-10-17-35(34)25-33)51(75)65-42(47(58)71)29-38-37-18-11-12-20-40(37)69-54(38)78-56(46,2)3/h6-12,14-18,20,22-23,25,30-31,39,41-46,69H,4-5,13,19,21,24,26-29,57H2,1-3H3,(H2,58,71)(H,61,63)(H,64,74)(H,65,75)(H,66,73)(H,67,76)(H,68,77)(H,70,72)(H4,59,60,62)/t39-,41-,42-,43+,44-,45-,46+/m0/s1. The summed E-state index contributed by atoms with van der Waals surface area (Å²) in [7, 11) is 0. The minimum absolute atomic E-state index is 0.0287. The molecule has 78 heavy (non-hydrogen) atoms. The Kier molecular flexibility index (Phi) is 19.7. The predicted octanol–water partition coefficient (Wildman–Crippen LogP) is 2.16. The van der Waals surface area contributed by atoms with Crippen LogP contribution in [-0.2, 0) is 59.2 Å².